The fourth-order valence-corrected chi connectivity index (χ4v) is 9.52. The van der Waals surface area contributed by atoms with E-state index in [2.05, 4.69) is 50.0 Å². The zero-order valence-electron chi connectivity index (χ0n) is 38.2. The van der Waals surface area contributed by atoms with Crippen molar-refractivity contribution in [1.82, 2.24) is 45.4 Å². The number of nitrogens with zero attached hydrogens (tertiary/aromatic N) is 7. The maximum Gasteiger partial charge on any atom is 0.337 e. The Morgan fingerprint density at radius 3 is 2.37 bits per heavy atom. The van der Waals surface area contributed by atoms with Gasteiger partial charge in [-0.1, -0.05) is 85.8 Å². The van der Waals surface area contributed by atoms with Gasteiger partial charge in [-0.15, -0.1) is 26.6 Å². The standard InChI is InChI=1S/C47H48Cl2N10O5S.C2H6/c1-27-28(2)65-46-43(27)44(31-10-14-32(48)15-11-31)53-40(45-56-54-29(3)59(45)46)23-42(61)52-24-33-26-58(57-55-33)19-8-6-4-5-7-9-41(60)50-18-20-64-34-16-12-30(13-17-34)35-21-36-37(47(62)63)25-51-39(36)22-38(35)49;1-2/h10-17,21-22,25-26,40,51H,4-9,18-20,23-24H2,1-3H3,(H,50,60)(H,52,61)(H,62,63);1-2H3. The molecule has 0 radical (unpaired) electrons. The molecule has 0 fully saturated rings. The van der Waals surface area contributed by atoms with E-state index in [9.17, 15) is 19.5 Å². The number of rotatable bonds is 19. The van der Waals surface area contributed by atoms with E-state index in [0.717, 1.165) is 76.5 Å². The van der Waals surface area contributed by atoms with Crippen molar-refractivity contribution >= 4 is 68.9 Å². The number of nitrogens with one attached hydrogen (secondary N) is 3. The molecule has 15 nitrogen and oxygen atoms in total. The quantitative estimate of drug-likeness (QED) is 0.0571. The predicted molar refractivity (Wildman–Crippen MR) is 263 cm³/mol. The molecule has 7 aromatic rings. The number of benzene rings is 3. The maximum absolute atomic E-state index is 13.4. The van der Waals surface area contributed by atoms with Gasteiger partial charge < -0.3 is 25.5 Å². The third-order valence-corrected chi connectivity index (χ3v) is 13.2. The van der Waals surface area contributed by atoms with Crippen molar-refractivity contribution in [3.63, 3.8) is 0 Å². The molecule has 4 aromatic heterocycles. The number of carboxylic acid groups (broad SMARTS) is 1. The Hall–Kier alpha value is -6.36. The number of amides is 2. The monoisotopic (exact) mass is 964 g/mol. The number of aromatic carboxylic acids is 1. The van der Waals surface area contributed by atoms with Crippen LogP contribution in [0.15, 0.2) is 78.0 Å². The first kappa shape index (κ1) is 48.6. The summed E-state index contributed by atoms with van der Waals surface area (Å²) < 4.78 is 9.65. The summed E-state index contributed by atoms with van der Waals surface area (Å²) in [4.78, 5) is 46.8. The van der Waals surface area contributed by atoms with Gasteiger partial charge in [0.05, 0.1) is 42.0 Å². The average Bonchev–Trinajstić information content (AvgIpc) is 4.10. The molecular formula is C49H54Cl2N10O5S. The van der Waals surface area contributed by atoms with E-state index < -0.39 is 12.0 Å². The van der Waals surface area contributed by atoms with E-state index in [1.807, 2.05) is 80.1 Å². The van der Waals surface area contributed by atoms with Gasteiger partial charge in [0.1, 0.15) is 34.9 Å². The Morgan fingerprint density at radius 2 is 1.61 bits per heavy atom. The molecule has 4 N–H and O–H groups in total. The number of aliphatic imine (C=N–C) groups is 1. The Bertz CT molecular complexity index is 2880. The average molecular weight is 966 g/mol. The van der Waals surface area contributed by atoms with E-state index in [0.29, 0.717) is 64.3 Å². The molecule has 18 heteroatoms. The van der Waals surface area contributed by atoms with Gasteiger partial charge in [0.2, 0.25) is 11.8 Å². The number of ether oxygens (including phenoxy) is 1. The van der Waals surface area contributed by atoms with Crippen LogP contribution in [0.5, 0.6) is 5.75 Å². The third-order valence-electron chi connectivity index (χ3n) is 11.4. The molecule has 0 saturated heterocycles. The Balaban J connectivity index is 0.00000329. The van der Waals surface area contributed by atoms with Gasteiger partial charge in [-0.05, 0) is 81.1 Å². The zero-order chi connectivity index (χ0) is 47.6. The number of fused-ring (bicyclic) bond motifs is 4. The van der Waals surface area contributed by atoms with Gasteiger partial charge >= 0.3 is 5.97 Å². The number of halogens is 2. The minimum atomic E-state index is -1.01. The van der Waals surface area contributed by atoms with Gasteiger partial charge in [-0.25, -0.2) is 4.79 Å². The van der Waals surface area contributed by atoms with Crippen LogP contribution in [0, 0.1) is 20.8 Å². The van der Waals surface area contributed by atoms with Crippen LogP contribution in [0.4, 0.5) is 0 Å². The molecule has 5 heterocycles. The van der Waals surface area contributed by atoms with Crippen molar-refractivity contribution in [2.75, 3.05) is 13.2 Å². The second kappa shape index (κ2) is 22.4. The van der Waals surface area contributed by atoms with Gasteiger partial charge in [-0.3, -0.25) is 23.8 Å². The number of aromatic amines is 1. The number of H-pyrrole nitrogens is 1. The molecule has 0 spiro atoms. The molecule has 0 saturated carbocycles. The summed E-state index contributed by atoms with van der Waals surface area (Å²) >= 11 is 14.4. The number of hydrogen-bond donors (Lipinski definition) is 4. The number of unbranched alkanes of at least 4 members (excludes halogenated alkanes) is 4. The molecule has 350 valence electrons. The number of hydrogen-bond acceptors (Lipinski definition) is 10. The van der Waals surface area contributed by atoms with Gasteiger partial charge in [-0.2, -0.15) is 0 Å². The van der Waals surface area contributed by atoms with Crippen LogP contribution in [0.2, 0.25) is 10.0 Å². The molecular weight excluding hydrogens is 912 g/mol. The van der Waals surface area contributed by atoms with Crippen LogP contribution in [0.3, 0.4) is 0 Å². The molecule has 1 unspecified atom stereocenters. The molecule has 0 bridgehead atoms. The lowest BCUT2D eigenvalue weighted by atomic mass is 9.99. The van der Waals surface area contributed by atoms with Crippen LogP contribution >= 0.6 is 34.5 Å². The Labute approximate surface area is 403 Å². The van der Waals surface area contributed by atoms with Crippen LogP contribution in [-0.2, 0) is 22.7 Å². The largest absolute Gasteiger partial charge is 0.492 e. The van der Waals surface area contributed by atoms with Crippen LogP contribution in [0.1, 0.15) is 114 Å². The van der Waals surface area contributed by atoms with Crippen LogP contribution in [-0.4, -0.2) is 76.5 Å². The van der Waals surface area contributed by atoms with Gasteiger partial charge in [0.15, 0.2) is 5.82 Å². The molecule has 3 aromatic carbocycles. The Morgan fingerprint density at radius 1 is 0.881 bits per heavy atom. The molecule has 67 heavy (non-hydrogen) atoms. The van der Waals surface area contributed by atoms with E-state index in [1.165, 1.54) is 11.1 Å². The van der Waals surface area contributed by atoms with E-state index in [-0.39, 0.29) is 30.3 Å². The summed E-state index contributed by atoms with van der Waals surface area (Å²) in [6.07, 6.45) is 8.50. The third kappa shape index (κ3) is 11.6. The second-order valence-corrected chi connectivity index (χ2v) is 18.0. The first-order valence-corrected chi connectivity index (χ1v) is 24.1. The fourth-order valence-electron chi connectivity index (χ4n) is 7.91. The second-order valence-electron chi connectivity index (χ2n) is 16.0. The first-order valence-electron chi connectivity index (χ1n) is 22.5. The minimum absolute atomic E-state index is 0.00766. The van der Waals surface area contributed by atoms with Crippen molar-refractivity contribution in [3.8, 4) is 21.9 Å². The van der Waals surface area contributed by atoms with E-state index >= 15 is 0 Å². The first-order chi connectivity index (χ1) is 32.4. The smallest absolute Gasteiger partial charge is 0.337 e. The van der Waals surface area contributed by atoms with E-state index in [1.54, 1.807) is 28.2 Å². The molecule has 2 amide bonds. The van der Waals surface area contributed by atoms with Crippen molar-refractivity contribution in [2.24, 2.45) is 4.99 Å². The summed E-state index contributed by atoms with van der Waals surface area (Å²) in [5.41, 5.74) is 6.91. The molecule has 1 aliphatic rings. The van der Waals surface area contributed by atoms with Crippen molar-refractivity contribution in [1.29, 1.82) is 0 Å². The lowest BCUT2D eigenvalue weighted by Crippen LogP contribution is -2.27. The normalized spacial score (nSPS) is 12.9. The zero-order valence-corrected chi connectivity index (χ0v) is 40.5. The Kier molecular flexibility index (Phi) is 16.3. The lowest BCUT2D eigenvalue weighted by molar-refractivity contribution is -0.122. The maximum atomic E-state index is 13.4. The fraction of sp³-hybridized carbons (Fsp3) is 0.347. The summed E-state index contributed by atoms with van der Waals surface area (Å²) in [6, 6.07) is 17.9. The number of thiophene rings is 1. The van der Waals surface area contributed by atoms with E-state index in [4.69, 9.17) is 32.9 Å². The highest BCUT2D eigenvalue weighted by Gasteiger charge is 2.32. The SMILES string of the molecule is CC.Cc1sc2c(c1C)C(c1ccc(Cl)cc1)=NC(CC(=O)NCc1cn(CCCCCCCC(=O)NCCOc3ccc(-c4cc5c(C(=O)O)c[nH]c5cc4Cl)cc3)nn1)c1nnc(C)n1-2. The molecule has 0 aliphatic carbocycles. The summed E-state index contributed by atoms with van der Waals surface area (Å²) in [7, 11) is 0. The van der Waals surface area contributed by atoms with Gasteiger partial charge in [0, 0.05) is 56.7 Å². The predicted octanol–water partition coefficient (Wildman–Crippen LogP) is 10.2. The number of carbonyl (C=O) groups excluding carboxylic acids is 2. The highest BCUT2D eigenvalue weighted by atomic mass is 35.5. The number of aryl methyl sites for hydroxylation is 3. The van der Waals surface area contributed by atoms with Crippen molar-refractivity contribution < 1.29 is 24.2 Å². The van der Waals surface area contributed by atoms with Crippen LogP contribution < -0.4 is 15.4 Å². The van der Waals surface area contributed by atoms with Crippen LogP contribution in [0.25, 0.3) is 27.0 Å². The summed E-state index contributed by atoms with van der Waals surface area (Å²) in [5, 5.41) is 35.5. The lowest BCUT2D eigenvalue weighted by Gasteiger charge is -2.13. The summed E-state index contributed by atoms with van der Waals surface area (Å²) in [6.45, 7) is 11.8. The summed E-state index contributed by atoms with van der Waals surface area (Å²) in [5.74, 6) is 0.799. The van der Waals surface area contributed by atoms with Crippen molar-refractivity contribution in [2.45, 2.75) is 98.7 Å². The highest BCUT2D eigenvalue weighted by molar-refractivity contribution is 7.15. The molecule has 1 aliphatic heterocycles. The molecule has 8 rings (SSSR count). The highest BCUT2D eigenvalue weighted by Crippen LogP contribution is 2.40. The van der Waals surface area contributed by atoms with Crippen molar-refractivity contribution in [3.05, 3.63) is 128 Å². The molecule has 1 atom stereocenters. The number of carbonyl (C=O) groups is 3. The number of carboxylic acids is 1. The van der Waals surface area contributed by atoms with Gasteiger partial charge in [0.25, 0.3) is 0 Å². The number of aromatic nitrogens is 7. The minimum Gasteiger partial charge on any atom is -0.492 e. The topological polar surface area (TPSA) is 194 Å².